The van der Waals surface area contributed by atoms with E-state index in [2.05, 4.69) is 6.08 Å². The highest BCUT2D eigenvalue weighted by atomic mass is 14.5. The molecule has 11 heavy (non-hydrogen) atoms. The molecular weight excluding hydrogens is 134 g/mol. The minimum Gasteiger partial charge on any atom is -0.327 e. The first-order valence-corrected chi connectivity index (χ1v) is 3.81. The Kier molecular flexibility index (Phi) is 3.42. The van der Waals surface area contributed by atoms with Crippen molar-refractivity contribution in [2.75, 3.05) is 6.54 Å². The zero-order chi connectivity index (χ0) is 7.94. The van der Waals surface area contributed by atoms with E-state index in [-0.39, 0.29) is 0 Å². The average Bonchev–Trinajstić information content (AvgIpc) is 2.91. The monoisotopic (exact) mass is 147 g/mol. The zero-order valence-electron chi connectivity index (χ0n) is 6.53. The quantitative estimate of drug-likeness (QED) is 0.604. The van der Waals surface area contributed by atoms with Crippen LogP contribution >= 0.6 is 0 Å². The maximum Gasteiger partial charge on any atom is 0.0140 e. The van der Waals surface area contributed by atoms with E-state index in [9.17, 15) is 0 Å². The van der Waals surface area contributed by atoms with Gasteiger partial charge in [-0.3, -0.25) is 0 Å². The van der Waals surface area contributed by atoms with Gasteiger partial charge >= 0.3 is 0 Å². The Bertz CT molecular complexity index is 187. The third-order valence-electron chi connectivity index (χ3n) is 1.42. The van der Waals surface area contributed by atoms with Crippen LogP contribution in [0.25, 0.3) is 0 Å². The van der Waals surface area contributed by atoms with E-state index < -0.39 is 0 Å². The molecule has 58 valence electrons. The first-order valence-electron chi connectivity index (χ1n) is 3.81. The van der Waals surface area contributed by atoms with Crippen molar-refractivity contribution in [1.82, 2.24) is 0 Å². The van der Waals surface area contributed by atoms with Crippen molar-refractivity contribution in [1.29, 1.82) is 0 Å². The van der Waals surface area contributed by atoms with Crippen LogP contribution in [-0.4, -0.2) is 6.54 Å². The average molecular weight is 147 g/mol. The summed E-state index contributed by atoms with van der Waals surface area (Å²) in [5.74, 6) is 0. The number of hydrogen-bond acceptors (Lipinski definition) is 1. The fourth-order valence-corrected chi connectivity index (χ4v) is 0.624. The molecule has 0 radical (unpaired) electrons. The normalized spacial score (nSPS) is 12.6. The molecule has 1 aliphatic carbocycles. The van der Waals surface area contributed by atoms with E-state index in [0.29, 0.717) is 0 Å². The van der Waals surface area contributed by atoms with Crippen LogP contribution in [0.5, 0.6) is 0 Å². The third kappa shape index (κ3) is 4.34. The lowest BCUT2D eigenvalue weighted by Gasteiger charge is -1.69. The largest absolute Gasteiger partial charge is 0.327 e. The van der Waals surface area contributed by atoms with Crippen molar-refractivity contribution in [3.05, 3.63) is 48.0 Å². The summed E-state index contributed by atoms with van der Waals surface area (Å²) >= 11 is 0. The number of nitrogens with two attached hydrogens (primary N) is 1. The summed E-state index contributed by atoms with van der Waals surface area (Å²) in [6, 6.07) is 12.0. The lowest BCUT2D eigenvalue weighted by Crippen LogP contribution is -1.93. The minimum absolute atomic E-state index is 0.778. The number of rotatable bonds is 1. The van der Waals surface area contributed by atoms with Crippen LogP contribution in [0.4, 0.5) is 0 Å². The molecule has 0 saturated heterocycles. The Morgan fingerprint density at radius 3 is 1.45 bits per heavy atom. The molecule has 0 saturated carbocycles. The van der Waals surface area contributed by atoms with E-state index in [1.54, 1.807) is 0 Å². The molecule has 0 aliphatic heterocycles. The SMILES string of the molecule is NCC1=CC1.c1ccccc1. The Labute approximate surface area is 67.5 Å². The first-order chi connectivity index (χ1) is 5.43. The van der Waals surface area contributed by atoms with Crippen LogP contribution < -0.4 is 5.73 Å². The van der Waals surface area contributed by atoms with Crippen molar-refractivity contribution in [2.45, 2.75) is 6.42 Å². The molecule has 0 spiro atoms. The van der Waals surface area contributed by atoms with Crippen LogP contribution in [-0.2, 0) is 0 Å². The molecule has 0 bridgehead atoms. The highest BCUT2D eigenvalue weighted by molar-refractivity contribution is 5.22. The molecule has 1 aromatic rings. The minimum atomic E-state index is 0.778. The molecule has 0 heterocycles. The Morgan fingerprint density at radius 2 is 1.36 bits per heavy atom. The highest BCUT2D eigenvalue weighted by Gasteiger charge is 2.00. The summed E-state index contributed by atoms with van der Waals surface area (Å²) in [5.41, 5.74) is 6.57. The summed E-state index contributed by atoms with van der Waals surface area (Å²) in [6.07, 6.45) is 3.32. The molecule has 0 aromatic heterocycles. The first kappa shape index (κ1) is 8.02. The summed E-state index contributed by atoms with van der Waals surface area (Å²) in [7, 11) is 0. The lowest BCUT2D eigenvalue weighted by molar-refractivity contribution is 1.19. The van der Waals surface area contributed by atoms with Gasteiger partial charge in [0.15, 0.2) is 0 Å². The van der Waals surface area contributed by atoms with Crippen LogP contribution in [0, 0.1) is 0 Å². The summed E-state index contributed by atoms with van der Waals surface area (Å²) < 4.78 is 0. The van der Waals surface area contributed by atoms with E-state index in [0.717, 1.165) is 6.54 Å². The molecule has 1 aliphatic rings. The van der Waals surface area contributed by atoms with Crippen LogP contribution in [0.2, 0.25) is 0 Å². The van der Waals surface area contributed by atoms with Crippen molar-refractivity contribution >= 4 is 0 Å². The molecule has 1 heteroatoms. The molecule has 2 N–H and O–H groups in total. The van der Waals surface area contributed by atoms with Crippen molar-refractivity contribution in [3.63, 3.8) is 0 Å². The second-order valence-electron chi connectivity index (χ2n) is 2.43. The summed E-state index contributed by atoms with van der Waals surface area (Å²) in [6.45, 7) is 0.778. The fraction of sp³-hybridized carbons (Fsp3) is 0.200. The van der Waals surface area contributed by atoms with Gasteiger partial charge in [-0.2, -0.15) is 0 Å². The number of benzene rings is 1. The van der Waals surface area contributed by atoms with Gasteiger partial charge in [-0.15, -0.1) is 0 Å². The van der Waals surface area contributed by atoms with Gasteiger partial charge in [0, 0.05) is 6.54 Å². The smallest absolute Gasteiger partial charge is 0.0140 e. The molecule has 1 nitrogen and oxygen atoms in total. The fourth-order valence-electron chi connectivity index (χ4n) is 0.624. The van der Waals surface area contributed by atoms with E-state index in [1.807, 2.05) is 36.4 Å². The predicted molar refractivity (Wildman–Crippen MR) is 48.2 cm³/mol. The summed E-state index contributed by atoms with van der Waals surface area (Å²) in [4.78, 5) is 0. The molecule has 1 aromatic carbocycles. The second-order valence-corrected chi connectivity index (χ2v) is 2.43. The Balaban J connectivity index is 0.000000112. The molecule has 0 fully saturated rings. The van der Waals surface area contributed by atoms with Crippen molar-refractivity contribution in [2.24, 2.45) is 5.73 Å². The second kappa shape index (κ2) is 4.69. The maximum absolute atomic E-state index is 5.17. The van der Waals surface area contributed by atoms with Gasteiger partial charge in [0.25, 0.3) is 0 Å². The standard InChI is InChI=1S/C6H6.C4H7N/c1-2-4-6-5-3-1;5-3-4-1-2-4/h1-6H;1H,2-3,5H2. The lowest BCUT2D eigenvalue weighted by atomic mass is 10.4. The topological polar surface area (TPSA) is 26.0 Å². The zero-order valence-corrected chi connectivity index (χ0v) is 6.53. The van der Waals surface area contributed by atoms with Gasteiger partial charge in [0.05, 0.1) is 0 Å². The molecule has 0 atom stereocenters. The number of hydrogen-bond donors (Lipinski definition) is 1. The highest BCUT2D eigenvalue weighted by Crippen LogP contribution is 2.14. The van der Waals surface area contributed by atoms with Gasteiger partial charge < -0.3 is 5.73 Å². The van der Waals surface area contributed by atoms with E-state index in [1.165, 1.54) is 12.0 Å². The van der Waals surface area contributed by atoms with Gasteiger partial charge in [-0.25, -0.2) is 0 Å². The molecule has 2 rings (SSSR count). The van der Waals surface area contributed by atoms with Crippen LogP contribution in [0.15, 0.2) is 48.0 Å². The van der Waals surface area contributed by atoms with Crippen LogP contribution in [0.1, 0.15) is 6.42 Å². The van der Waals surface area contributed by atoms with Crippen molar-refractivity contribution < 1.29 is 0 Å². The molecule has 0 amide bonds. The Morgan fingerprint density at radius 1 is 1.00 bits per heavy atom. The van der Waals surface area contributed by atoms with Gasteiger partial charge in [0.2, 0.25) is 0 Å². The van der Waals surface area contributed by atoms with Crippen LogP contribution in [0.3, 0.4) is 0 Å². The summed E-state index contributed by atoms with van der Waals surface area (Å²) in [5, 5.41) is 0. The number of allylic oxidation sites excluding steroid dienone is 1. The maximum atomic E-state index is 5.17. The van der Waals surface area contributed by atoms with Gasteiger partial charge in [-0.05, 0) is 6.42 Å². The molecule has 0 unspecified atom stereocenters. The Hall–Kier alpha value is -1.08. The van der Waals surface area contributed by atoms with E-state index >= 15 is 0 Å². The van der Waals surface area contributed by atoms with Gasteiger partial charge in [-0.1, -0.05) is 48.0 Å². The third-order valence-corrected chi connectivity index (χ3v) is 1.42. The molecular formula is C10H13N. The predicted octanol–water partition coefficient (Wildman–Crippen LogP) is 1.96. The van der Waals surface area contributed by atoms with Gasteiger partial charge in [0.1, 0.15) is 0 Å². The van der Waals surface area contributed by atoms with E-state index in [4.69, 9.17) is 5.73 Å². The van der Waals surface area contributed by atoms with Crippen molar-refractivity contribution in [3.8, 4) is 0 Å².